The number of benzene rings is 1. The molecule has 1 aliphatic heterocycles. The van der Waals surface area contributed by atoms with Crippen molar-refractivity contribution < 1.29 is 14.3 Å². The molecule has 0 saturated carbocycles. The van der Waals surface area contributed by atoms with Crippen LogP contribution in [0.2, 0.25) is 0 Å². The summed E-state index contributed by atoms with van der Waals surface area (Å²) >= 11 is 0. The Balaban J connectivity index is 2.35. The van der Waals surface area contributed by atoms with Crippen molar-refractivity contribution in [2.45, 2.75) is 13.0 Å². The number of hydrogen-bond acceptors (Lipinski definition) is 4. The summed E-state index contributed by atoms with van der Waals surface area (Å²) < 4.78 is 5.37. The molecule has 6 nitrogen and oxygen atoms in total. The summed E-state index contributed by atoms with van der Waals surface area (Å²) in [5.74, 6) is 5.34. The van der Waals surface area contributed by atoms with Crippen molar-refractivity contribution in [3.63, 3.8) is 0 Å². The highest BCUT2D eigenvalue weighted by Gasteiger charge is 2.24. The lowest BCUT2D eigenvalue weighted by Crippen LogP contribution is -2.35. The number of hydrogen-bond donors (Lipinski definition) is 2. The number of hydrazine groups is 1. The van der Waals surface area contributed by atoms with Gasteiger partial charge in [0.05, 0.1) is 5.69 Å². The van der Waals surface area contributed by atoms with Gasteiger partial charge < -0.3 is 10.1 Å². The highest BCUT2D eigenvalue weighted by Crippen LogP contribution is 2.30. The molecule has 1 aromatic carbocycles. The Hall–Kier alpha value is -2.08. The van der Waals surface area contributed by atoms with Gasteiger partial charge in [0.15, 0.2) is 6.10 Å². The van der Waals surface area contributed by atoms with E-state index in [4.69, 9.17) is 10.6 Å². The summed E-state index contributed by atoms with van der Waals surface area (Å²) in [6.07, 6.45) is -0.527. The third-order valence-corrected chi connectivity index (χ3v) is 2.48. The van der Waals surface area contributed by atoms with Crippen LogP contribution in [0.1, 0.15) is 17.3 Å². The molecule has 1 heterocycles. The Kier molecular flexibility index (Phi) is 2.72. The SMILES string of the molecule is CC1Oc2ccc(C(=O)N(C)N)cc2NC1=O. The molecule has 0 spiro atoms. The first-order valence-electron chi connectivity index (χ1n) is 5.13. The number of carbonyl (C=O) groups excluding carboxylic acids is 2. The molecule has 6 heteroatoms. The van der Waals surface area contributed by atoms with Gasteiger partial charge in [0, 0.05) is 12.6 Å². The minimum atomic E-state index is -0.527. The van der Waals surface area contributed by atoms with Gasteiger partial charge in [-0.1, -0.05) is 0 Å². The van der Waals surface area contributed by atoms with Crippen LogP contribution in [-0.2, 0) is 4.79 Å². The van der Waals surface area contributed by atoms with Gasteiger partial charge >= 0.3 is 0 Å². The molecule has 0 fully saturated rings. The van der Waals surface area contributed by atoms with Gasteiger partial charge in [-0.25, -0.2) is 5.84 Å². The van der Waals surface area contributed by atoms with Crippen LogP contribution in [0.15, 0.2) is 18.2 Å². The second kappa shape index (κ2) is 4.06. The van der Waals surface area contributed by atoms with Crippen molar-refractivity contribution in [3.05, 3.63) is 23.8 Å². The molecule has 1 unspecified atom stereocenters. The monoisotopic (exact) mass is 235 g/mol. The summed E-state index contributed by atoms with van der Waals surface area (Å²) in [6, 6.07) is 4.79. The Morgan fingerprint density at radius 1 is 1.53 bits per heavy atom. The summed E-state index contributed by atoms with van der Waals surface area (Å²) in [6.45, 7) is 1.66. The zero-order chi connectivity index (χ0) is 12.6. The molecule has 0 aromatic heterocycles. The molecule has 1 atom stereocenters. The highest BCUT2D eigenvalue weighted by molar-refractivity contribution is 6.00. The molecular weight excluding hydrogens is 222 g/mol. The van der Waals surface area contributed by atoms with E-state index in [0.29, 0.717) is 17.0 Å². The number of fused-ring (bicyclic) bond motifs is 1. The van der Waals surface area contributed by atoms with Crippen molar-refractivity contribution in [1.29, 1.82) is 0 Å². The number of nitrogens with one attached hydrogen (secondary N) is 1. The summed E-state index contributed by atoms with van der Waals surface area (Å²) in [5.41, 5.74) is 0.882. The molecule has 1 aromatic rings. The first-order valence-corrected chi connectivity index (χ1v) is 5.13. The molecule has 0 aliphatic carbocycles. The summed E-state index contributed by atoms with van der Waals surface area (Å²) in [5, 5.41) is 3.65. The lowest BCUT2D eigenvalue weighted by molar-refractivity contribution is -0.122. The summed E-state index contributed by atoms with van der Waals surface area (Å²) in [7, 11) is 1.46. The normalized spacial score (nSPS) is 17.8. The van der Waals surface area contributed by atoms with E-state index in [2.05, 4.69) is 5.32 Å². The minimum Gasteiger partial charge on any atom is -0.479 e. The lowest BCUT2D eigenvalue weighted by Gasteiger charge is -2.23. The molecular formula is C11H13N3O3. The van der Waals surface area contributed by atoms with Crippen LogP contribution in [0.5, 0.6) is 5.75 Å². The van der Waals surface area contributed by atoms with Crippen molar-refractivity contribution in [3.8, 4) is 5.75 Å². The van der Waals surface area contributed by atoms with E-state index in [0.717, 1.165) is 5.01 Å². The van der Waals surface area contributed by atoms with Gasteiger partial charge in [0.1, 0.15) is 5.75 Å². The minimum absolute atomic E-state index is 0.233. The predicted molar refractivity (Wildman–Crippen MR) is 61.4 cm³/mol. The maximum Gasteiger partial charge on any atom is 0.267 e. The molecule has 90 valence electrons. The van der Waals surface area contributed by atoms with Crippen LogP contribution in [0.4, 0.5) is 5.69 Å². The molecule has 17 heavy (non-hydrogen) atoms. The molecule has 0 radical (unpaired) electrons. The van der Waals surface area contributed by atoms with Gasteiger partial charge in [-0.15, -0.1) is 0 Å². The predicted octanol–water partition coefficient (Wildman–Crippen LogP) is 0.352. The van der Waals surface area contributed by atoms with Crippen LogP contribution in [0.3, 0.4) is 0 Å². The van der Waals surface area contributed by atoms with Gasteiger partial charge in [0.2, 0.25) is 0 Å². The molecule has 3 N–H and O–H groups in total. The van der Waals surface area contributed by atoms with E-state index in [1.165, 1.54) is 7.05 Å². The van der Waals surface area contributed by atoms with E-state index in [-0.39, 0.29) is 11.8 Å². The van der Waals surface area contributed by atoms with E-state index >= 15 is 0 Å². The van der Waals surface area contributed by atoms with E-state index in [1.807, 2.05) is 0 Å². The van der Waals surface area contributed by atoms with Crippen LogP contribution < -0.4 is 15.9 Å². The average molecular weight is 235 g/mol. The van der Waals surface area contributed by atoms with Crippen molar-refractivity contribution >= 4 is 17.5 Å². The number of carbonyl (C=O) groups is 2. The molecule has 1 aliphatic rings. The van der Waals surface area contributed by atoms with Crippen molar-refractivity contribution in [1.82, 2.24) is 5.01 Å². The maximum absolute atomic E-state index is 11.6. The fraction of sp³-hybridized carbons (Fsp3) is 0.273. The van der Waals surface area contributed by atoms with Crippen molar-refractivity contribution in [2.24, 2.45) is 5.84 Å². The third kappa shape index (κ3) is 2.07. The van der Waals surface area contributed by atoms with Crippen molar-refractivity contribution in [2.75, 3.05) is 12.4 Å². The van der Waals surface area contributed by atoms with E-state index in [9.17, 15) is 9.59 Å². The fourth-order valence-electron chi connectivity index (χ4n) is 1.55. The van der Waals surface area contributed by atoms with E-state index < -0.39 is 6.10 Å². The standard InChI is InChI=1S/C11H13N3O3/c1-6-10(15)13-8-5-7(11(16)14(2)12)3-4-9(8)17-6/h3-6H,12H2,1-2H3,(H,13,15). The number of nitrogens with two attached hydrogens (primary N) is 1. The average Bonchev–Trinajstić information content (AvgIpc) is 2.29. The first-order chi connectivity index (χ1) is 7.99. The van der Waals surface area contributed by atoms with Crippen LogP contribution >= 0.6 is 0 Å². The second-order valence-electron chi connectivity index (χ2n) is 3.88. The molecule has 0 saturated heterocycles. The highest BCUT2D eigenvalue weighted by atomic mass is 16.5. The maximum atomic E-state index is 11.6. The third-order valence-electron chi connectivity index (χ3n) is 2.48. The Morgan fingerprint density at radius 3 is 2.88 bits per heavy atom. The Morgan fingerprint density at radius 2 is 2.24 bits per heavy atom. The van der Waals surface area contributed by atoms with E-state index in [1.54, 1.807) is 25.1 Å². The van der Waals surface area contributed by atoms with Gasteiger partial charge in [0.25, 0.3) is 11.8 Å². The van der Waals surface area contributed by atoms with Crippen LogP contribution in [-0.4, -0.2) is 30.0 Å². The van der Waals surface area contributed by atoms with Crippen LogP contribution in [0.25, 0.3) is 0 Å². The first kappa shape index (κ1) is 11.4. The molecule has 2 amide bonds. The quantitative estimate of drug-likeness (QED) is 0.418. The number of nitrogens with zero attached hydrogens (tertiary/aromatic N) is 1. The zero-order valence-corrected chi connectivity index (χ0v) is 9.56. The van der Waals surface area contributed by atoms with Gasteiger partial charge in [-0.05, 0) is 25.1 Å². The smallest absolute Gasteiger partial charge is 0.267 e. The molecule has 0 bridgehead atoms. The Labute approximate surface area is 98.3 Å². The number of rotatable bonds is 1. The van der Waals surface area contributed by atoms with Gasteiger partial charge in [-0.3, -0.25) is 14.6 Å². The summed E-state index contributed by atoms with van der Waals surface area (Å²) in [4.78, 5) is 23.0. The number of anilines is 1. The lowest BCUT2D eigenvalue weighted by atomic mass is 10.1. The second-order valence-corrected chi connectivity index (χ2v) is 3.88. The largest absolute Gasteiger partial charge is 0.479 e. The van der Waals surface area contributed by atoms with Crippen LogP contribution in [0, 0.1) is 0 Å². The number of ether oxygens (including phenoxy) is 1. The topological polar surface area (TPSA) is 84.7 Å². The number of amides is 2. The van der Waals surface area contributed by atoms with Gasteiger partial charge in [-0.2, -0.15) is 0 Å². The fourth-order valence-corrected chi connectivity index (χ4v) is 1.55. The molecule has 2 rings (SSSR count). The Bertz CT molecular complexity index is 485. The zero-order valence-electron chi connectivity index (χ0n) is 9.56.